The van der Waals surface area contributed by atoms with E-state index in [2.05, 4.69) is 16.8 Å². The van der Waals surface area contributed by atoms with Crippen molar-refractivity contribution in [2.24, 2.45) is 0 Å². The van der Waals surface area contributed by atoms with Gasteiger partial charge in [-0.2, -0.15) is 0 Å². The lowest BCUT2D eigenvalue weighted by atomic mass is 10.1. The van der Waals surface area contributed by atoms with Crippen LogP contribution in [0.1, 0.15) is 18.4 Å². The van der Waals surface area contributed by atoms with Crippen LogP contribution in [0, 0.1) is 0 Å². The standard InChI is InChI=1S/C18H19N3O3/c1-2-9-21-17(23)15(16(22)19-18(21)24)12-13-5-7-14(8-6-13)20-10-3-4-11-20/h2,5-8,12H,1,3-4,9-11H2,(H,19,22,24). The van der Waals surface area contributed by atoms with Gasteiger partial charge in [0.05, 0.1) is 0 Å². The van der Waals surface area contributed by atoms with Crippen molar-refractivity contribution in [3.8, 4) is 0 Å². The third-order valence-corrected chi connectivity index (χ3v) is 4.17. The Bertz CT molecular complexity index is 716. The van der Waals surface area contributed by atoms with E-state index in [4.69, 9.17) is 0 Å². The zero-order valence-electron chi connectivity index (χ0n) is 13.3. The summed E-state index contributed by atoms with van der Waals surface area (Å²) in [7, 11) is 0. The number of nitrogens with zero attached hydrogens (tertiary/aromatic N) is 2. The molecule has 0 aliphatic carbocycles. The van der Waals surface area contributed by atoms with Crippen molar-refractivity contribution in [2.75, 3.05) is 24.5 Å². The number of nitrogens with one attached hydrogen (secondary N) is 1. The molecule has 3 rings (SSSR count). The van der Waals surface area contributed by atoms with Crippen LogP contribution in [0.2, 0.25) is 0 Å². The number of urea groups is 1. The molecule has 4 amide bonds. The molecule has 2 saturated heterocycles. The van der Waals surface area contributed by atoms with Crippen LogP contribution >= 0.6 is 0 Å². The summed E-state index contributed by atoms with van der Waals surface area (Å²) in [5.41, 5.74) is 1.83. The second-order valence-corrected chi connectivity index (χ2v) is 5.81. The first-order valence-corrected chi connectivity index (χ1v) is 7.95. The molecule has 124 valence electrons. The summed E-state index contributed by atoms with van der Waals surface area (Å²) in [6.45, 7) is 5.69. The van der Waals surface area contributed by atoms with Gasteiger partial charge in [-0.3, -0.25) is 19.8 Å². The zero-order valence-corrected chi connectivity index (χ0v) is 13.3. The quantitative estimate of drug-likeness (QED) is 0.522. The molecule has 1 aromatic carbocycles. The van der Waals surface area contributed by atoms with Gasteiger partial charge in [0.25, 0.3) is 11.8 Å². The summed E-state index contributed by atoms with van der Waals surface area (Å²) in [5.74, 6) is -1.28. The first kappa shape index (κ1) is 16.0. The van der Waals surface area contributed by atoms with Gasteiger partial charge in [0, 0.05) is 25.3 Å². The Labute approximate surface area is 140 Å². The highest BCUT2D eigenvalue weighted by Gasteiger charge is 2.34. The van der Waals surface area contributed by atoms with Crippen molar-refractivity contribution in [3.05, 3.63) is 48.1 Å². The minimum atomic E-state index is -0.716. The minimum Gasteiger partial charge on any atom is -0.372 e. The third-order valence-electron chi connectivity index (χ3n) is 4.17. The minimum absolute atomic E-state index is 0.0506. The zero-order chi connectivity index (χ0) is 17.1. The van der Waals surface area contributed by atoms with E-state index < -0.39 is 17.8 Å². The molecule has 0 radical (unpaired) electrons. The van der Waals surface area contributed by atoms with Gasteiger partial charge in [0.2, 0.25) is 0 Å². The number of anilines is 1. The maximum atomic E-state index is 12.3. The smallest absolute Gasteiger partial charge is 0.331 e. The van der Waals surface area contributed by atoms with Gasteiger partial charge in [-0.25, -0.2) is 4.79 Å². The van der Waals surface area contributed by atoms with Crippen molar-refractivity contribution in [1.29, 1.82) is 0 Å². The van der Waals surface area contributed by atoms with E-state index >= 15 is 0 Å². The van der Waals surface area contributed by atoms with Crippen molar-refractivity contribution < 1.29 is 14.4 Å². The first-order chi connectivity index (χ1) is 11.6. The highest BCUT2D eigenvalue weighted by Crippen LogP contribution is 2.22. The van der Waals surface area contributed by atoms with E-state index in [0.717, 1.165) is 29.2 Å². The second-order valence-electron chi connectivity index (χ2n) is 5.81. The summed E-state index contributed by atoms with van der Waals surface area (Å²) in [6.07, 6.45) is 5.35. The van der Waals surface area contributed by atoms with Crippen LogP contribution in [0.3, 0.4) is 0 Å². The molecule has 1 aromatic rings. The molecule has 2 fully saturated rings. The van der Waals surface area contributed by atoms with Crippen LogP contribution in [-0.2, 0) is 9.59 Å². The van der Waals surface area contributed by atoms with Crippen LogP contribution in [0.15, 0.2) is 42.5 Å². The van der Waals surface area contributed by atoms with Gasteiger partial charge in [-0.1, -0.05) is 18.2 Å². The molecule has 2 aliphatic heterocycles. The van der Waals surface area contributed by atoms with Crippen LogP contribution in [0.25, 0.3) is 6.08 Å². The molecule has 24 heavy (non-hydrogen) atoms. The monoisotopic (exact) mass is 325 g/mol. The Hall–Kier alpha value is -2.89. The number of hydrogen-bond acceptors (Lipinski definition) is 4. The molecule has 0 atom stereocenters. The summed E-state index contributed by atoms with van der Waals surface area (Å²) in [6, 6.07) is 6.99. The lowest BCUT2D eigenvalue weighted by Crippen LogP contribution is -2.54. The van der Waals surface area contributed by atoms with E-state index in [0.29, 0.717) is 0 Å². The number of benzene rings is 1. The highest BCUT2D eigenvalue weighted by molar-refractivity contribution is 6.31. The normalized spacial score (nSPS) is 19.8. The Morgan fingerprint density at radius 1 is 1.08 bits per heavy atom. The molecule has 2 aliphatic rings. The topological polar surface area (TPSA) is 69.7 Å². The molecular weight excluding hydrogens is 306 g/mol. The summed E-state index contributed by atoms with van der Waals surface area (Å²) in [4.78, 5) is 39.3. The highest BCUT2D eigenvalue weighted by atomic mass is 16.2. The fraction of sp³-hybridized carbons (Fsp3) is 0.278. The largest absolute Gasteiger partial charge is 0.372 e. The Balaban J connectivity index is 1.83. The van der Waals surface area contributed by atoms with Crippen LogP contribution < -0.4 is 10.2 Å². The number of rotatable bonds is 4. The fourth-order valence-electron chi connectivity index (χ4n) is 2.91. The van der Waals surface area contributed by atoms with Gasteiger partial charge in [-0.05, 0) is 36.6 Å². The maximum Gasteiger partial charge on any atom is 0.331 e. The number of carbonyl (C=O) groups excluding carboxylic acids is 3. The van der Waals surface area contributed by atoms with Gasteiger partial charge < -0.3 is 4.90 Å². The SMILES string of the molecule is C=CCN1C(=O)NC(=O)C(=Cc2ccc(N3CCCC3)cc2)C1=O. The van der Waals surface area contributed by atoms with Crippen LogP contribution in [0.4, 0.5) is 10.5 Å². The predicted octanol–water partition coefficient (Wildman–Crippen LogP) is 1.93. The number of imide groups is 2. The van der Waals surface area contributed by atoms with E-state index in [9.17, 15) is 14.4 Å². The third kappa shape index (κ3) is 3.08. The Morgan fingerprint density at radius 2 is 1.75 bits per heavy atom. The number of amides is 4. The molecule has 6 nitrogen and oxygen atoms in total. The summed E-state index contributed by atoms with van der Waals surface area (Å²) < 4.78 is 0. The van der Waals surface area contributed by atoms with Gasteiger partial charge in [0.1, 0.15) is 5.57 Å². The average Bonchev–Trinajstić information content (AvgIpc) is 3.10. The van der Waals surface area contributed by atoms with E-state index in [-0.39, 0.29) is 12.1 Å². The summed E-state index contributed by atoms with van der Waals surface area (Å²) in [5, 5.41) is 2.17. The van der Waals surface area contributed by atoms with E-state index in [1.807, 2.05) is 24.3 Å². The van der Waals surface area contributed by atoms with Crippen molar-refractivity contribution in [2.45, 2.75) is 12.8 Å². The predicted molar refractivity (Wildman–Crippen MR) is 91.3 cm³/mol. The van der Waals surface area contributed by atoms with Gasteiger partial charge in [0.15, 0.2) is 0 Å². The van der Waals surface area contributed by atoms with E-state index in [1.54, 1.807) is 0 Å². The van der Waals surface area contributed by atoms with E-state index in [1.165, 1.54) is 25.0 Å². The van der Waals surface area contributed by atoms with Crippen molar-refractivity contribution >= 4 is 29.6 Å². The van der Waals surface area contributed by atoms with Gasteiger partial charge in [-0.15, -0.1) is 6.58 Å². The number of barbiturate groups is 1. The average molecular weight is 325 g/mol. The molecule has 0 spiro atoms. The first-order valence-electron chi connectivity index (χ1n) is 7.95. The number of carbonyl (C=O) groups is 3. The lowest BCUT2D eigenvalue weighted by molar-refractivity contribution is -0.129. The Morgan fingerprint density at radius 3 is 2.38 bits per heavy atom. The maximum absolute atomic E-state index is 12.3. The molecule has 0 saturated carbocycles. The molecule has 2 heterocycles. The fourth-order valence-corrected chi connectivity index (χ4v) is 2.91. The van der Waals surface area contributed by atoms with Crippen molar-refractivity contribution in [3.63, 3.8) is 0 Å². The molecule has 1 N–H and O–H groups in total. The molecular formula is C18H19N3O3. The second kappa shape index (κ2) is 6.70. The molecule has 6 heteroatoms. The molecule has 0 bridgehead atoms. The van der Waals surface area contributed by atoms with Crippen molar-refractivity contribution in [1.82, 2.24) is 10.2 Å². The molecule has 0 aromatic heterocycles. The summed E-state index contributed by atoms with van der Waals surface area (Å²) >= 11 is 0. The Kier molecular flexibility index (Phi) is 4.46. The lowest BCUT2D eigenvalue weighted by Gasteiger charge is -2.25. The van der Waals surface area contributed by atoms with Gasteiger partial charge >= 0.3 is 6.03 Å². The number of hydrogen-bond donors (Lipinski definition) is 1. The van der Waals surface area contributed by atoms with Crippen LogP contribution in [-0.4, -0.2) is 42.4 Å². The molecule has 0 unspecified atom stereocenters. The van der Waals surface area contributed by atoms with Crippen LogP contribution in [0.5, 0.6) is 0 Å².